The first-order chi connectivity index (χ1) is 13.4. The lowest BCUT2D eigenvalue weighted by atomic mass is 10.1. The molecule has 27 heavy (non-hydrogen) atoms. The number of para-hydroxylation sites is 2. The molecule has 5 aromatic rings. The Morgan fingerprint density at radius 1 is 0.481 bits per heavy atom. The summed E-state index contributed by atoms with van der Waals surface area (Å²) in [5.74, 6) is 0. The van der Waals surface area contributed by atoms with Gasteiger partial charge in [0.2, 0.25) is 0 Å². The minimum absolute atomic E-state index is 1.06. The number of aromatic nitrogens is 1. The van der Waals surface area contributed by atoms with Gasteiger partial charge in [0, 0.05) is 10.8 Å². The molecule has 0 bridgehead atoms. The smallest absolute Gasteiger partial charge is 0.0709 e. The third-order valence-electron chi connectivity index (χ3n) is 5.13. The average molecular weight is 345 g/mol. The predicted molar refractivity (Wildman–Crippen MR) is 114 cm³/mol. The molecular formula is C26H19N. The summed E-state index contributed by atoms with van der Waals surface area (Å²) in [5.41, 5.74) is 7.88. The summed E-state index contributed by atoms with van der Waals surface area (Å²) in [4.78, 5) is 4.58. The molecule has 0 atom stereocenters. The highest BCUT2D eigenvalue weighted by atomic mass is 14.7. The number of hydrogen-bond acceptors (Lipinski definition) is 1. The predicted octanol–water partition coefficient (Wildman–Crippen LogP) is 6.65. The minimum Gasteiger partial charge on any atom is -0.248 e. The van der Waals surface area contributed by atoms with Crippen molar-refractivity contribution in [1.82, 2.24) is 4.98 Å². The van der Waals surface area contributed by atoms with Crippen LogP contribution in [0, 0.1) is 0 Å². The second kappa shape index (κ2) is 6.69. The third kappa shape index (κ3) is 2.98. The van der Waals surface area contributed by atoms with Gasteiger partial charge in [-0.1, -0.05) is 84.9 Å². The van der Waals surface area contributed by atoms with Crippen LogP contribution >= 0.6 is 0 Å². The largest absolute Gasteiger partial charge is 0.248 e. The first kappa shape index (κ1) is 15.8. The molecule has 128 valence electrons. The third-order valence-corrected chi connectivity index (χ3v) is 5.13. The van der Waals surface area contributed by atoms with Gasteiger partial charge >= 0.3 is 0 Å². The summed E-state index contributed by atoms with van der Waals surface area (Å²) in [6.07, 6.45) is 1.10. The lowest BCUT2D eigenvalue weighted by molar-refractivity contribution is 1.26. The number of benzene rings is 4. The van der Waals surface area contributed by atoms with E-state index in [1.807, 2.05) is 36.4 Å². The molecule has 4 aromatic carbocycles. The zero-order chi connectivity index (χ0) is 18.1. The maximum Gasteiger partial charge on any atom is 0.0709 e. The van der Waals surface area contributed by atoms with Crippen molar-refractivity contribution in [3.05, 3.63) is 114 Å². The van der Waals surface area contributed by atoms with Crippen LogP contribution in [-0.2, 0) is 6.42 Å². The van der Waals surface area contributed by atoms with Gasteiger partial charge in [-0.25, -0.2) is 4.98 Å². The van der Waals surface area contributed by atoms with Crippen molar-refractivity contribution < 1.29 is 0 Å². The van der Waals surface area contributed by atoms with Crippen molar-refractivity contribution in [3.8, 4) is 11.1 Å². The molecular weight excluding hydrogens is 326 g/mol. The lowest BCUT2D eigenvalue weighted by Gasteiger charge is -1.99. The van der Waals surface area contributed by atoms with Gasteiger partial charge < -0.3 is 0 Å². The summed E-state index contributed by atoms with van der Waals surface area (Å²) in [7, 11) is 0. The zero-order valence-electron chi connectivity index (χ0n) is 15.0. The van der Waals surface area contributed by atoms with E-state index in [-0.39, 0.29) is 0 Å². The second-order valence-electron chi connectivity index (χ2n) is 6.86. The molecule has 1 nitrogen and oxygen atoms in total. The molecule has 0 fully saturated rings. The van der Waals surface area contributed by atoms with Crippen molar-refractivity contribution in [2.45, 2.75) is 6.42 Å². The SMILES string of the molecule is c1ccc2c(c1)Cc1ccccc1-2.c1ccc2nc3ccccc3cc2c1. The van der Waals surface area contributed by atoms with E-state index < -0.39 is 0 Å². The van der Waals surface area contributed by atoms with Gasteiger partial charge in [-0.15, -0.1) is 0 Å². The van der Waals surface area contributed by atoms with E-state index in [2.05, 4.69) is 71.7 Å². The molecule has 1 aliphatic rings. The highest BCUT2D eigenvalue weighted by Crippen LogP contribution is 2.35. The quantitative estimate of drug-likeness (QED) is 0.281. The van der Waals surface area contributed by atoms with Crippen molar-refractivity contribution in [2.75, 3.05) is 0 Å². The zero-order valence-corrected chi connectivity index (χ0v) is 15.0. The van der Waals surface area contributed by atoms with Crippen molar-refractivity contribution in [3.63, 3.8) is 0 Å². The van der Waals surface area contributed by atoms with E-state index in [9.17, 15) is 0 Å². The molecule has 1 aromatic heterocycles. The normalized spacial score (nSPS) is 11.6. The topological polar surface area (TPSA) is 12.9 Å². The van der Waals surface area contributed by atoms with Crippen LogP contribution in [0.4, 0.5) is 0 Å². The number of fused-ring (bicyclic) bond motifs is 5. The number of hydrogen-bond donors (Lipinski definition) is 0. The minimum atomic E-state index is 1.06. The van der Waals surface area contributed by atoms with E-state index in [4.69, 9.17) is 0 Å². The Balaban J connectivity index is 0.000000119. The molecule has 1 heterocycles. The molecule has 1 heteroatoms. The first-order valence-electron chi connectivity index (χ1n) is 9.29. The monoisotopic (exact) mass is 345 g/mol. The standard InChI is InChI=1S/C13H9N.C13H10/c1-3-7-12-10(5-1)9-11-6-2-4-8-13(11)14-12;1-3-7-12-10(5-1)9-11-6-2-4-8-13(11)12/h1-9H;1-8H,9H2. The lowest BCUT2D eigenvalue weighted by Crippen LogP contribution is -1.80. The maximum atomic E-state index is 4.58. The van der Waals surface area contributed by atoms with Gasteiger partial charge in [0.05, 0.1) is 11.0 Å². The number of pyridine rings is 1. The van der Waals surface area contributed by atoms with Crippen molar-refractivity contribution in [2.24, 2.45) is 0 Å². The molecule has 6 rings (SSSR count). The van der Waals surface area contributed by atoms with Gasteiger partial charge in [0.1, 0.15) is 0 Å². The van der Waals surface area contributed by atoms with Crippen LogP contribution < -0.4 is 0 Å². The van der Waals surface area contributed by atoms with Crippen LogP contribution in [0.1, 0.15) is 11.1 Å². The number of rotatable bonds is 0. The van der Waals surface area contributed by atoms with Crippen LogP contribution in [-0.4, -0.2) is 4.98 Å². The van der Waals surface area contributed by atoms with Crippen LogP contribution in [0.15, 0.2) is 103 Å². The summed E-state index contributed by atoms with van der Waals surface area (Å²) in [5, 5.41) is 2.40. The van der Waals surface area contributed by atoms with Crippen molar-refractivity contribution >= 4 is 21.8 Å². The van der Waals surface area contributed by atoms with Gasteiger partial charge in [-0.3, -0.25) is 0 Å². The van der Waals surface area contributed by atoms with Gasteiger partial charge in [0.25, 0.3) is 0 Å². The molecule has 0 unspecified atom stereocenters. The summed E-state index contributed by atoms with van der Waals surface area (Å²) in [6, 6.07) is 35.9. The van der Waals surface area contributed by atoms with E-state index in [0.29, 0.717) is 0 Å². The van der Waals surface area contributed by atoms with Crippen LogP contribution in [0.3, 0.4) is 0 Å². The van der Waals surface area contributed by atoms with Crippen LogP contribution in [0.25, 0.3) is 32.9 Å². The molecule has 1 aliphatic carbocycles. The highest BCUT2D eigenvalue weighted by Gasteiger charge is 2.15. The summed E-state index contributed by atoms with van der Waals surface area (Å²) < 4.78 is 0. The maximum absolute atomic E-state index is 4.58. The second-order valence-corrected chi connectivity index (χ2v) is 6.86. The molecule has 0 radical (unpaired) electrons. The average Bonchev–Trinajstić information content (AvgIpc) is 3.11. The Hall–Kier alpha value is -3.45. The molecule has 0 aliphatic heterocycles. The molecule has 0 amide bonds. The fourth-order valence-electron chi connectivity index (χ4n) is 3.80. The Bertz CT molecular complexity index is 1100. The van der Waals surface area contributed by atoms with Gasteiger partial charge in [-0.2, -0.15) is 0 Å². The Morgan fingerprint density at radius 3 is 1.48 bits per heavy atom. The summed E-state index contributed by atoms with van der Waals surface area (Å²) >= 11 is 0. The molecule has 0 spiro atoms. The first-order valence-corrected chi connectivity index (χ1v) is 9.29. The number of nitrogens with zero attached hydrogens (tertiary/aromatic N) is 1. The van der Waals surface area contributed by atoms with Gasteiger partial charge in [-0.05, 0) is 46.9 Å². The van der Waals surface area contributed by atoms with Crippen molar-refractivity contribution in [1.29, 1.82) is 0 Å². The van der Waals surface area contributed by atoms with Crippen LogP contribution in [0.5, 0.6) is 0 Å². The van der Waals surface area contributed by atoms with Gasteiger partial charge in [0.15, 0.2) is 0 Å². The van der Waals surface area contributed by atoms with E-state index in [1.165, 1.54) is 33.0 Å². The summed E-state index contributed by atoms with van der Waals surface area (Å²) in [6.45, 7) is 0. The highest BCUT2D eigenvalue weighted by molar-refractivity contribution is 5.92. The van der Waals surface area contributed by atoms with E-state index >= 15 is 0 Å². The Morgan fingerprint density at radius 2 is 0.926 bits per heavy atom. The fourth-order valence-corrected chi connectivity index (χ4v) is 3.80. The van der Waals surface area contributed by atoms with Crippen LogP contribution in [0.2, 0.25) is 0 Å². The van der Waals surface area contributed by atoms with E-state index in [0.717, 1.165) is 17.5 Å². The Kier molecular flexibility index (Phi) is 3.91. The fraction of sp³-hybridized carbons (Fsp3) is 0.0385. The molecule has 0 saturated heterocycles. The molecule has 0 N–H and O–H groups in total. The van der Waals surface area contributed by atoms with E-state index in [1.54, 1.807) is 0 Å². The Labute approximate surface area is 158 Å². The molecule has 0 saturated carbocycles.